The highest BCUT2D eigenvalue weighted by Crippen LogP contribution is 2.65. The summed E-state index contributed by atoms with van der Waals surface area (Å²) in [4.78, 5) is 4.49. The first kappa shape index (κ1) is 24.7. The topological polar surface area (TPSA) is 24.9 Å². The highest BCUT2D eigenvalue weighted by molar-refractivity contribution is 5.25. The van der Waals surface area contributed by atoms with Crippen LogP contribution in [0.3, 0.4) is 0 Å². The summed E-state index contributed by atoms with van der Waals surface area (Å²) in [6, 6.07) is 0. The average Bonchev–Trinajstić information content (AvgIpc) is 3.07. The maximum absolute atomic E-state index is 6.50. The molecule has 0 amide bonds. The lowest BCUT2D eigenvalue weighted by molar-refractivity contribution is -0.0991. The quantitative estimate of drug-likeness (QED) is 0.357. The second-order valence-corrected chi connectivity index (χ2v) is 12.4. The predicted octanol–water partition coefficient (Wildman–Crippen LogP) is 5.23. The van der Waals surface area contributed by atoms with Crippen molar-refractivity contribution in [1.82, 2.24) is 9.80 Å². The van der Waals surface area contributed by atoms with Gasteiger partial charge in [-0.3, -0.25) is 0 Å². The summed E-state index contributed by atoms with van der Waals surface area (Å²) in [7, 11) is 8.57. The first-order chi connectivity index (χ1) is 15.2. The first-order valence-electron chi connectivity index (χ1n) is 13.5. The van der Waals surface area contributed by atoms with Gasteiger partial charge in [0, 0.05) is 13.2 Å². The van der Waals surface area contributed by atoms with E-state index in [2.05, 4.69) is 57.9 Å². The molecule has 4 aliphatic carbocycles. The fraction of sp³-hybridized carbons (Fsp3) is 0.929. The van der Waals surface area contributed by atoms with Crippen molar-refractivity contribution in [3.8, 4) is 0 Å². The van der Waals surface area contributed by atoms with Gasteiger partial charge in [-0.2, -0.15) is 0 Å². The van der Waals surface area contributed by atoms with Gasteiger partial charge in [-0.05, 0) is 121 Å². The van der Waals surface area contributed by atoms with Crippen molar-refractivity contribution < 1.29 is 9.47 Å². The van der Waals surface area contributed by atoms with Crippen molar-refractivity contribution in [2.75, 3.05) is 54.5 Å². The normalized spacial score (nSPS) is 41.4. The van der Waals surface area contributed by atoms with Crippen molar-refractivity contribution in [1.29, 1.82) is 0 Å². The zero-order valence-electron chi connectivity index (χ0n) is 21.9. The second-order valence-electron chi connectivity index (χ2n) is 12.4. The molecule has 0 radical (unpaired) electrons. The molecule has 4 aliphatic rings. The molecule has 184 valence electrons. The monoisotopic (exact) mass is 446 g/mol. The van der Waals surface area contributed by atoms with Gasteiger partial charge in [0.1, 0.15) is 0 Å². The van der Waals surface area contributed by atoms with Gasteiger partial charge in [0.15, 0.2) is 0 Å². The lowest BCUT2D eigenvalue weighted by atomic mass is 9.47. The van der Waals surface area contributed by atoms with E-state index >= 15 is 0 Å². The minimum atomic E-state index is 0.353. The highest BCUT2D eigenvalue weighted by Gasteiger charge is 2.59. The molecule has 0 aromatic rings. The molecule has 7 unspecified atom stereocenters. The Morgan fingerprint density at radius 3 is 2.38 bits per heavy atom. The van der Waals surface area contributed by atoms with Gasteiger partial charge < -0.3 is 19.3 Å². The summed E-state index contributed by atoms with van der Waals surface area (Å²) in [6.07, 6.45) is 15.2. The molecule has 0 aliphatic heterocycles. The second kappa shape index (κ2) is 10.1. The zero-order chi connectivity index (χ0) is 22.9. The Bertz CT molecular complexity index is 662. The number of likely N-dealkylation sites (N-methyl/N-ethyl adjacent to an activating group) is 1. The molecule has 4 heteroatoms. The molecule has 0 aromatic carbocycles. The van der Waals surface area contributed by atoms with Crippen LogP contribution in [0.4, 0.5) is 0 Å². The molecule has 0 N–H and O–H groups in total. The molecule has 0 saturated heterocycles. The number of allylic oxidation sites excluding steroid dienone is 1. The fourth-order valence-electron chi connectivity index (χ4n) is 8.05. The molecule has 3 fully saturated rings. The van der Waals surface area contributed by atoms with E-state index in [1.807, 2.05) is 0 Å². The van der Waals surface area contributed by atoms with E-state index in [0.717, 1.165) is 50.5 Å². The maximum Gasteiger partial charge on any atom is 0.0758 e. The number of fused-ring (bicyclic) bond motifs is 5. The Labute approximate surface area is 198 Å². The third-order valence-corrected chi connectivity index (χ3v) is 9.92. The Hall–Kier alpha value is -0.420. The maximum atomic E-state index is 6.50. The molecular formula is C28H50N2O2. The minimum absolute atomic E-state index is 0.353. The van der Waals surface area contributed by atoms with Crippen LogP contribution in [0.2, 0.25) is 0 Å². The molecule has 0 bridgehead atoms. The van der Waals surface area contributed by atoms with Gasteiger partial charge in [0.25, 0.3) is 0 Å². The van der Waals surface area contributed by atoms with Crippen LogP contribution >= 0.6 is 0 Å². The molecule has 7 atom stereocenters. The van der Waals surface area contributed by atoms with Crippen molar-refractivity contribution >= 4 is 0 Å². The lowest BCUT2D eigenvalue weighted by Crippen LogP contribution is -2.51. The summed E-state index contributed by atoms with van der Waals surface area (Å²) in [6.45, 7) is 9.12. The van der Waals surface area contributed by atoms with Gasteiger partial charge in [-0.1, -0.05) is 25.5 Å². The lowest BCUT2D eigenvalue weighted by Gasteiger charge is -2.58. The molecule has 0 spiro atoms. The summed E-state index contributed by atoms with van der Waals surface area (Å²) < 4.78 is 12.8. The van der Waals surface area contributed by atoms with E-state index in [1.165, 1.54) is 51.4 Å². The first-order valence-corrected chi connectivity index (χ1v) is 13.5. The average molecular weight is 447 g/mol. The highest BCUT2D eigenvalue weighted by atomic mass is 16.5. The number of nitrogens with zero attached hydrogens (tertiary/aromatic N) is 2. The van der Waals surface area contributed by atoms with Crippen molar-refractivity contribution in [2.24, 2.45) is 28.6 Å². The minimum Gasteiger partial charge on any atom is -0.376 e. The van der Waals surface area contributed by atoms with E-state index in [4.69, 9.17) is 9.47 Å². The van der Waals surface area contributed by atoms with Crippen LogP contribution in [0.15, 0.2) is 11.6 Å². The molecule has 4 nitrogen and oxygen atoms in total. The molecule has 32 heavy (non-hydrogen) atoms. The largest absolute Gasteiger partial charge is 0.376 e. The fourth-order valence-corrected chi connectivity index (χ4v) is 8.05. The Balaban J connectivity index is 1.38. The molecule has 3 saturated carbocycles. The van der Waals surface area contributed by atoms with Crippen molar-refractivity contribution in [3.63, 3.8) is 0 Å². The Morgan fingerprint density at radius 1 is 0.844 bits per heavy atom. The van der Waals surface area contributed by atoms with Crippen LogP contribution in [0.5, 0.6) is 0 Å². The molecule has 4 rings (SSSR count). The standard InChI is InChI=1S/C28H50N2O2/c1-27-14-12-22(31-18-7-16-29(3)4)20-21(27)8-9-23-24-10-11-26(32-19-17-30(5)6)28(24,2)15-13-25(23)27/h20,22-26H,7-19H2,1-6H3. The van der Waals surface area contributed by atoms with E-state index in [1.54, 1.807) is 5.57 Å². The van der Waals surface area contributed by atoms with Gasteiger partial charge >= 0.3 is 0 Å². The molecule has 0 aromatic heterocycles. The van der Waals surface area contributed by atoms with E-state index in [-0.39, 0.29) is 0 Å². The number of hydrogen-bond donors (Lipinski definition) is 0. The van der Waals surface area contributed by atoms with Gasteiger partial charge in [-0.25, -0.2) is 0 Å². The van der Waals surface area contributed by atoms with Gasteiger partial charge in [0.2, 0.25) is 0 Å². The van der Waals surface area contributed by atoms with Crippen LogP contribution in [0.1, 0.15) is 71.6 Å². The Kier molecular flexibility index (Phi) is 7.76. The smallest absolute Gasteiger partial charge is 0.0758 e. The Morgan fingerprint density at radius 2 is 1.62 bits per heavy atom. The molecule has 0 heterocycles. The van der Waals surface area contributed by atoms with E-state index in [9.17, 15) is 0 Å². The summed E-state index contributed by atoms with van der Waals surface area (Å²) >= 11 is 0. The summed E-state index contributed by atoms with van der Waals surface area (Å²) in [5.41, 5.74) is 2.55. The SMILES string of the molecule is CN(C)CCCOC1C=C2CCC3C(CCC4(C)C(OCCN(C)C)CCC34)C2(C)CC1. The third-order valence-electron chi connectivity index (χ3n) is 9.92. The van der Waals surface area contributed by atoms with Crippen molar-refractivity contribution in [2.45, 2.75) is 83.8 Å². The van der Waals surface area contributed by atoms with E-state index < -0.39 is 0 Å². The third kappa shape index (κ3) is 4.85. The van der Waals surface area contributed by atoms with E-state index in [0.29, 0.717) is 23.0 Å². The van der Waals surface area contributed by atoms with Crippen molar-refractivity contribution in [3.05, 3.63) is 11.6 Å². The number of ether oxygens (including phenoxy) is 2. The van der Waals surface area contributed by atoms with Crippen LogP contribution < -0.4 is 0 Å². The zero-order valence-corrected chi connectivity index (χ0v) is 21.9. The summed E-state index contributed by atoms with van der Waals surface area (Å²) in [5.74, 6) is 2.63. The van der Waals surface area contributed by atoms with Crippen LogP contribution in [0, 0.1) is 28.6 Å². The van der Waals surface area contributed by atoms with Gasteiger partial charge in [-0.15, -0.1) is 0 Å². The predicted molar refractivity (Wildman–Crippen MR) is 133 cm³/mol. The van der Waals surface area contributed by atoms with Gasteiger partial charge in [0.05, 0.1) is 18.8 Å². The van der Waals surface area contributed by atoms with Crippen LogP contribution in [0.25, 0.3) is 0 Å². The van der Waals surface area contributed by atoms with Crippen LogP contribution in [-0.4, -0.2) is 76.5 Å². The van der Waals surface area contributed by atoms with Crippen LogP contribution in [-0.2, 0) is 9.47 Å². The molecular weight excluding hydrogens is 396 g/mol. The summed E-state index contributed by atoms with van der Waals surface area (Å²) in [5, 5.41) is 0. The number of rotatable bonds is 9. The number of hydrogen-bond acceptors (Lipinski definition) is 4.